The van der Waals surface area contributed by atoms with Gasteiger partial charge in [-0.2, -0.15) is 0 Å². The van der Waals surface area contributed by atoms with Crippen molar-refractivity contribution in [1.29, 1.82) is 0 Å². The second kappa shape index (κ2) is 8.41. The number of benzene rings is 2. The van der Waals surface area contributed by atoms with Gasteiger partial charge in [0.1, 0.15) is 5.54 Å². The monoisotopic (exact) mass is 388 g/mol. The average Bonchev–Trinajstić information content (AvgIpc) is 2.77. The first kappa shape index (κ1) is 19.1. The Hall–Kier alpha value is -3.25. The number of carbonyl (C=O) groups excluding carboxylic acids is 1. The Morgan fingerprint density at radius 2 is 1.69 bits per heavy atom. The highest BCUT2D eigenvalue weighted by Crippen LogP contribution is 2.30. The second-order valence-electron chi connectivity index (χ2n) is 7.24. The number of hydrogen-bond donors (Lipinski definition) is 2. The molecule has 1 aliphatic rings. The molecule has 0 radical (unpaired) electrons. The van der Waals surface area contributed by atoms with Crippen LogP contribution in [-0.2, 0) is 10.3 Å². The molecule has 29 heavy (non-hydrogen) atoms. The van der Waals surface area contributed by atoms with Crippen molar-refractivity contribution in [1.82, 2.24) is 15.3 Å². The van der Waals surface area contributed by atoms with Gasteiger partial charge < -0.3 is 15.4 Å². The molecule has 0 saturated carbocycles. The first-order valence-electron chi connectivity index (χ1n) is 9.77. The molecule has 0 bridgehead atoms. The fraction of sp³-hybridized carbons (Fsp3) is 0.261. The number of amides is 2. The minimum atomic E-state index is -0.624. The summed E-state index contributed by atoms with van der Waals surface area (Å²) < 4.78 is 5.49. The lowest BCUT2D eigenvalue weighted by atomic mass is 9.89. The summed E-state index contributed by atoms with van der Waals surface area (Å²) in [5, 5.41) is 6.10. The molecule has 2 heterocycles. The molecule has 2 aromatic carbocycles. The number of nitrogens with zero attached hydrogens (tertiary/aromatic N) is 2. The largest absolute Gasteiger partial charge is 0.381 e. The smallest absolute Gasteiger partial charge is 0.320 e. The van der Waals surface area contributed by atoms with Crippen LogP contribution in [0.5, 0.6) is 0 Å². The maximum absolute atomic E-state index is 12.8. The molecule has 0 atom stereocenters. The van der Waals surface area contributed by atoms with Gasteiger partial charge in [0.05, 0.1) is 0 Å². The van der Waals surface area contributed by atoms with E-state index in [1.165, 1.54) is 0 Å². The summed E-state index contributed by atoms with van der Waals surface area (Å²) in [4.78, 5) is 21.6. The van der Waals surface area contributed by atoms with Crippen LogP contribution >= 0.6 is 0 Å². The molecular weight excluding hydrogens is 364 g/mol. The lowest BCUT2D eigenvalue weighted by Gasteiger charge is -2.36. The lowest BCUT2D eigenvalue weighted by molar-refractivity contribution is 0.0383. The predicted molar refractivity (Wildman–Crippen MR) is 113 cm³/mol. The third-order valence-electron chi connectivity index (χ3n) is 5.27. The van der Waals surface area contributed by atoms with Crippen molar-refractivity contribution >= 4 is 11.7 Å². The molecule has 0 aliphatic carbocycles. The van der Waals surface area contributed by atoms with Crippen LogP contribution in [-0.4, -0.2) is 29.2 Å². The number of nitrogens with one attached hydrogen (secondary N) is 2. The summed E-state index contributed by atoms with van der Waals surface area (Å²) in [6.45, 7) is 3.11. The van der Waals surface area contributed by atoms with Crippen LogP contribution in [0.2, 0.25) is 0 Å². The molecule has 0 unspecified atom stereocenters. The van der Waals surface area contributed by atoms with Gasteiger partial charge in [0.15, 0.2) is 5.82 Å². The van der Waals surface area contributed by atoms with Gasteiger partial charge >= 0.3 is 6.03 Å². The SMILES string of the molecule is Cc1cc(-c2ccccc2)ccc1NC(=O)NC1(c2ncccn2)CCOCC1. The molecule has 1 aliphatic heterocycles. The number of hydrogen-bond acceptors (Lipinski definition) is 4. The Balaban J connectivity index is 1.51. The van der Waals surface area contributed by atoms with Crippen molar-refractivity contribution in [2.45, 2.75) is 25.3 Å². The molecule has 0 spiro atoms. The zero-order valence-electron chi connectivity index (χ0n) is 16.4. The Kier molecular flexibility index (Phi) is 5.53. The Bertz CT molecular complexity index is 971. The third-order valence-corrected chi connectivity index (χ3v) is 5.27. The van der Waals surface area contributed by atoms with Crippen molar-refractivity contribution in [3.63, 3.8) is 0 Å². The highest BCUT2D eigenvalue weighted by atomic mass is 16.5. The number of aryl methyl sites for hydroxylation is 1. The van der Waals surface area contributed by atoms with Crippen molar-refractivity contribution in [2.24, 2.45) is 0 Å². The van der Waals surface area contributed by atoms with Crippen LogP contribution in [0.4, 0.5) is 10.5 Å². The molecule has 6 nitrogen and oxygen atoms in total. The van der Waals surface area contributed by atoms with Crippen molar-refractivity contribution in [3.05, 3.63) is 78.4 Å². The lowest BCUT2D eigenvalue weighted by Crippen LogP contribution is -2.51. The summed E-state index contributed by atoms with van der Waals surface area (Å²) in [6.07, 6.45) is 4.67. The molecule has 1 saturated heterocycles. The maximum Gasteiger partial charge on any atom is 0.320 e. The summed E-state index contributed by atoms with van der Waals surface area (Å²) in [7, 11) is 0. The van der Waals surface area contributed by atoms with E-state index in [0.29, 0.717) is 31.9 Å². The normalized spacial score (nSPS) is 15.5. The number of ether oxygens (including phenoxy) is 1. The molecule has 6 heteroatoms. The van der Waals surface area contributed by atoms with Gasteiger partial charge in [0, 0.05) is 44.1 Å². The molecule has 3 aromatic rings. The summed E-state index contributed by atoms with van der Waals surface area (Å²) in [6, 6.07) is 17.7. The predicted octanol–water partition coefficient (Wildman–Crippen LogP) is 4.28. The molecule has 148 valence electrons. The molecule has 2 amide bonds. The maximum atomic E-state index is 12.8. The molecular formula is C23H24N4O2. The van der Waals surface area contributed by atoms with Crippen LogP contribution in [0.1, 0.15) is 24.2 Å². The van der Waals surface area contributed by atoms with E-state index in [0.717, 1.165) is 22.4 Å². The minimum absolute atomic E-state index is 0.269. The zero-order chi connectivity index (χ0) is 20.1. The number of urea groups is 1. The van der Waals surface area contributed by atoms with Crippen molar-refractivity contribution in [2.75, 3.05) is 18.5 Å². The molecule has 1 fully saturated rings. The first-order chi connectivity index (χ1) is 14.2. The summed E-state index contributed by atoms with van der Waals surface area (Å²) in [5.41, 5.74) is 3.42. The van der Waals surface area contributed by atoms with Crippen LogP contribution in [0, 0.1) is 6.92 Å². The summed E-state index contributed by atoms with van der Waals surface area (Å²) >= 11 is 0. The summed E-state index contributed by atoms with van der Waals surface area (Å²) in [5.74, 6) is 0.620. The molecule has 4 rings (SSSR count). The number of aromatic nitrogens is 2. The van der Waals surface area contributed by atoms with Crippen LogP contribution in [0.15, 0.2) is 67.0 Å². The Morgan fingerprint density at radius 3 is 2.38 bits per heavy atom. The third kappa shape index (κ3) is 4.27. The standard InChI is InChI=1S/C23H24N4O2/c1-17-16-19(18-6-3-2-4-7-18)8-9-20(17)26-22(28)27-23(10-14-29-15-11-23)21-24-12-5-13-25-21/h2-9,12-13,16H,10-11,14-15H2,1H3,(H2,26,27,28). The van der Waals surface area contributed by atoms with E-state index in [1.807, 2.05) is 37.3 Å². The van der Waals surface area contributed by atoms with E-state index >= 15 is 0 Å². The zero-order valence-corrected chi connectivity index (χ0v) is 16.4. The van der Waals surface area contributed by atoms with Gasteiger partial charge in [0.25, 0.3) is 0 Å². The number of carbonyl (C=O) groups is 1. The highest BCUT2D eigenvalue weighted by Gasteiger charge is 2.38. The Labute approximate surface area is 170 Å². The fourth-order valence-corrected chi connectivity index (χ4v) is 3.66. The van der Waals surface area contributed by atoms with E-state index < -0.39 is 5.54 Å². The number of anilines is 1. The van der Waals surface area contributed by atoms with Gasteiger partial charge in [0.2, 0.25) is 0 Å². The van der Waals surface area contributed by atoms with E-state index in [1.54, 1.807) is 18.5 Å². The Morgan fingerprint density at radius 1 is 0.966 bits per heavy atom. The fourth-order valence-electron chi connectivity index (χ4n) is 3.66. The van der Waals surface area contributed by atoms with Crippen LogP contribution in [0.3, 0.4) is 0 Å². The van der Waals surface area contributed by atoms with Crippen LogP contribution in [0.25, 0.3) is 11.1 Å². The molecule has 1 aromatic heterocycles. The van der Waals surface area contributed by atoms with Gasteiger partial charge in [-0.3, -0.25) is 0 Å². The molecule has 2 N–H and O–H groups in total. The quantitative estimate of drug-likeness (QED) is 0.699. The van der Waals surface area contributed by atoms with Gasteiger partial charge in [-0.1, -0.05) is 36.4 Å². The van der Waals surface area contributed by atoms with Crippen molar-refractivity contribution in [3.8, 4) is 11.1 Å². The van der Waals surface area contributed by atoms with Crippen molar-refractivity contribution < 1.29 is 9.53 Å². The highest BCUT2D eigenvalue weighted by molar-refractivity contribution is 5.91. The minimum Gasteiger partial charge on any atom is -0.381 e. The van der Waals surface area contributed by atoms with E-state index in [2.05, 4.69) is 38.8 Å². The van der Waals surface area contributed by atoms with Gasteiger partial charge in [-0.25, -0.2) is 14.8 Å². The average molecular weight is 388 g/mol. The number of rotatable bonds is 4. The van der Waals surface area contributed by atoms with E-state index in [9.17, 15) is 4.79 Å². The van der Waals surface area contributed by atoms with Crippen LogP contribution < -0.4 is 10.6 Å². The topological polar surface area (TPSA) is 76.1 Å². The van der Waals surface area contributed by atoms with E-state index in [-0.39, 0.29) is 6.03 Å². The van der Waals surface area contributed by atoms with Gasteiger partial charge in [-0.05, 0) is 41.8 Å². The van der Waals surface area contributed by atoms with Gasteiger partial charge in [-0.15, -0.1) is 0 Å². The van der Waals surface area contributed by atoms with E-state index in [4.69, 9.17) is 4.74 Å². The second-order valence-corrected chi connectivity index (χ2v) is 7.24. The first-order valence-corrected chi connectivity index (χ1v) is 9.77.